The van der Waals surface area contributed by atoms with Gasteiger partial charge in [0.05, 0.1) is 66.0 Å². The van der Waals surface area contributed by atoms with Crippen LogP contribution in [0.4, 0.5) is 0 Å². The molecule has 1 amide bonds. The Balaban J connectivity index is 4.96. The Morgan fingerprint density at radius 3 is 1.42 bits per heavy atom. The van der Waals surface area contributed by atoms with Crippen molar-refractivity contribution in [3.8, 4) is 0 Å². The van der Waals surface area contributed by atoms with E-state index < -0.39 is 29.0 Å². The number of carbonyl (C=O) groups is 5. The summed E-state index contributed by atoms with van der Waals surface area (Å²) in [5.41, 5.74) is -1.87. The molecule has 0 unspecified atom stereocenters. The van der Waals surface area contributed by atoms with E-state index in [1.54, 1.807) is 20.8 Å². The quantitative estimate of drug-likeness (QED) is 0.0897. The lowest BCUT2D eigenvalue weighted by molar-refractivity contribution is -0.156. The maximum atomic E-state index is 12.9. The number of ether oxygens (including phenoxy) is 5. The summed E-state index contributed by atoms with van der Waals surface area (Å²) in [5.74, 6) is -2.99. The molecular weight excluding hydrogens is 566 g/mol. The normalized spacial score (nSPS) is 11.6. The summed E-state index contributed by atoms with van der Waals surface area (Å²) in [6, 6.07) is 0. The predicted molar refractivity (Wildman–Crippen MR) is 156 cm³/mol. The molecule has 43 heavy (non-hydrogen) atoms. The summed E-state index contributed by atoms with van der Waals surface area (Å²) < 4.78 is 26.8. The number of amides is 1. The van der Waals surface area contributed by atoms with E-state index in [4.69, 9.17) is 29.2 Å². The maximum absolute atomic E-state index is 12.9. The van der Waals surface area contributed by atoms with Crippen molar-refractivity contribution in [1.82, 2.24) is 5.32 Å². The zero-order valence-electron chi connectivity index (χ0n) is 26.4. The number of nitrogens with one attached hydrogen (secondary N) is 1. The minimum atomic E-state index is -1.23. The molecule has 3 N–H and O–H groups in total. The highest BCUT2D eigenvalue weighted by Gasteiger charge is 2.34. The molecule has 0 fully saturated rings. The first kappa shape index (κ1) is 40.2. The van der Waals surface area contributed by atoms with Crippen molar-refractivity contribution in [3.63, 3.8) is 0 Å². The zero-order chi connectivity index (χ0) is 32.6. The molecule has 0 heterocycles. The van der Waals surface area contributed by atoms with Gasteiger partial charge in [-0.15, -0.1) is 0 Å². The van der Waals surface area contributed by atoms with E-state index in [-0.39, 0.29) is 77.2 Å². The molecule has 0 aliphatic carbocycles. The molecule has 0 aromatic rings. The Bertz CT molecular complexity index is 802. The molecule has 13 heteroatoms. The summed E-state index contributed by atoms with van der Waals surface area (Å²) in [6.07, 6.45) is 7.58. The Labute approximate surface area is 255 Å². The smallest absolute Gasteiger partial charge is 0.308 e. The first-order valence-electron chi connectivity index (χ1n) is 15.0. The number of hydrogen-bond donors (Lipinski definition) is 3. The van der Waals surface area contributed by atoms with Gasteiger partial charge in [0.1, 0.15) is 11.1 Å². The Morgan fingerprint density at radius 1 is 0.581 bits per heavy atom. The molecule has 0 spiro atoms. The van der Waals surface area contributed by atoms with Crippen LogP contribution in [0.2, 0.25) is 0 Å². The van der Waals surface area contributed by atoms with Gasteiger partial charge < -0.3 is 39.2 Å². The van der Waals surface area contributed by atoms with Crippen molar-refractivity contribution in [2.45, 2.75) is 115 Å². The second-order valence-electron chi connectivity index (χ2n) is 11.5. The highest BCUT2D eigenvalue weighted by molar-refractivity contribution is 5.76. The molecule has 0 aliphatic heterocycles. The minimum absolute atomic E-state index is 0.000521. The summed E-state index contributed by atoms with van der Waals surface area (Å²) in [5, 5.41) is 20.8. The second-order valence-corrected chi connectivity index (χ2v) is 11.5. The molecule has 0 bridgehead atoms. The van der Waals surface area contributed by atoms with Gasteiger partial charge in [0, 0.05) is 12.8 Å². The van der Waals surface area contributed by atoms with E-state index in [1.165, 1.54) is 7.11 Å². The highest BCUT2D eigenvalue weighted by atomic mass is 16.6. The number of rotatable bonds is 27. The van der Waals surface area contributed by atoms with E-state index in [1.807, 2.05) is 0 Å². The fraction of sp³-hybridized carbons (Fsp3) is 0.833. The summed E-state index contributed by atoms with van der Waals surface area (Å²) in [6.45, 7) is 4.66. The first-order chi connectivity index (χ1) is 20.3. The van der Waals surface area contributed by atoms with Gasteiger partial charge in [-0.2, -0.15) is 0 Å². The van der Waals surface area contributed by atoms with Gasteiger partial charge in [-0.05, 0) is 33.6 Å². The molecule has 0 rings (SSSR count). The number of unbranched alkanes of at least 4 members (excludes halogenated alkanes) is 7. The van der Waals surface area contributed by atoms with Crippen LogP contribution in [0, 0.1) is 0 Å². The van der Waals surface area contributed by atoms with Crippen LogP contribution in [0.15, 0.2) is 0 Å². The van der Waals surface area contributed by atoms with Crippen LogP contribution in [-0.4, -0.2) is 97.9 Å². The van der Waals surface area contributed by atoms with Crippen molar-refractivity contribution >= 4 is 29.8 Å². The van der Waals surface area contributed by atoms with Crippen LogP contribution < -0.4 is 5.32 Å². The minimum Gasteiger partial charge on any atom is -0.481 e. The van der Waals surface area contributed by atoms with Gasteiger partial charge in [0.2, 0.25) is 5.91 Å². The molecular formula is C30H53NO12. The third-order valence-electron chi connectivity index (χ3n) is 6.09. The average Bonchev–Trinajstić information content (AvgIpc) is 2.91. The van der Waals surface area contributed by atoms with Crippen molar-refractivity contribution in [3.05, 3.63) is 0 Å². The zero-order valence-corrected chi connectivity index (χ0v) is 26.4. The van der Waals surface area contributed by atoms with Gasteiger partial charge in [-0.3, -0.25) is 24.0 Å². The summed E-state index contributed by atoms with van der Waals surface area (Å²) in [4.78, 5) is 58.0. The summed E-state index contributed by atoms with van der Waals surface area (Å²) >= 11 is 0. The number of carbonyl (C=O) groups excluding carboxylic acids is 3. The van der Waals surface area contributed by atoms with Gasteiger partial charge in [-0.1, -0.05) is 38.5 Å². The van der Waals surface area contributed by atoms with E-state index in [0.29, 0.717) is 12.8 Å². The standard InChI is InChI=1S/C30H53NO12/c1-29(2,3)43-28(38)17-20-42-23-30(21-40-18-15-25(33)34,22-41-19-16-26(35)36)31-24(32)13-11-9-7-5-6-8-10-12-14-27(37)39-4/h5-23H2,1-4H3,(H,31,32)(H,33,34)(H,35,36). The Hall–Kier alpha value is -2.77. The SMILES string of the molecule is COC(=O)CCCCCCCCCCC(=O)NC(COCCC(=O)O)(COCCC(=O)O)COCCC(=O)OC(C)(C)C. The lowest BCUT2D eigenvalue weighted by Crippen LogP contribution is -2.58. The fourth-order valence-corrected chi connectivity index (χ4v) is 3.98. The van der Waals surface area contributed by atoms with Crippen LogP contribution in [0.25, 0.3) is 0 Å². The average molecular weight is 620 g/mol. The van der Waals surface area contributed by atoms with Crippen LogP contribution in [0.1, 0.15) is 104 Å². The third kappa shape index (κ3) is 25.4. The molecule has 250 valence electrons. The number of esters is 2. The highest BCUT2D eigenvalue weighted by Crippen LogP contribution is 2.14. The third-order valence-corrected chi connectivity index (χ3v) is 6.09. The molecule has 0 radical (unpaired) electrons. The molecule has 13 nitrogen and oxygen atoms in total. The van der Waals surface area contributed by atoms with Crippen LogP contribution >= 0.6 is 0 Å². The number of carboxylic acid groups (broad SMARTS) is 2. The molecule has 0 atom stereocenters. The lowest BCUT2D eigenvalue weighted by Gasteiger charge is -2.34. The first-order valence-corrected chi connectivity index (χ1v) is 15.0. The van der Waals surface area contributed by atoms with Gasteiger partial charge in [-0.25, -0.2) is 0 Å². The Kier molecular flexibility index (Phi) is 22.1. The summed E-state index contributed by atoms with van der Waals surface area (Å²) in [7, 11) is 1.39. The molecule has 0 aliphatic rings. The van der Waals surface area contributed by atoms with Crippen molar-refractivity contribution in [2.75, 3.05) is 46.8 Å². The van der Waals surface area contributed by atoms with Crippen LogP contribution in [0.5, 0.6) is 0 Å². The lowest BCUT2D eigenvalue weighted by atomic mass is 10.0. The van der Waals surface area contributed by atoms with Gasteiger partial charge in [0.25, 0.3) is 0 Å². The second kappa shape index (κ2) is 23.7. The number of carboxylic acids is 2. The van der Waals surface area contributed by atoms with Crippen molar-refractivity contribution in [1.29, 1.82) is 0 Å². The van der Waals surface area contributed by atoms with Crippen LogP contribution in [0.3, 0.4) is 0 Å². The van der Waals surface area contributed by atoms with Crippen molar-refractivity contribution in [2.24, 2.45) is 0 Å². The largest absolute Gasteiger partial charge is 0.481 e. The molecule has 0 saturated carbocycles. The van der Waals surface area contributed by atoms with E-state index in [2.05, 4.69) is 10.1 Å². The van der Waals surface area contributed by atoms with Gasteiger partial charge in [0.15, 0.2) is 0 Å². The van der Waals surface area contributed by atoms with Crippen LogP contribution in [-0.2, 0) is 47.7 Å². The van der Waals surface area contributed by atoms with E-state index in [0.717, 1.165) is 44.9 Å². The molecule has 0 saturated heterocycles. The van der Waals surface area contributed by atoms with Crippen molar-refractivity contribution < 1.29 is 57.9 Å². The fourth-order valence-electron chi connectivity index (χ4n) is 3.98. The predicted octanol–water partition coefficient (Wildman–Crippen LogP) is 3.65. The van der Waals surface area contributed by atoms with Gasteiger partial charge >= 0.3 is 23.9 Å². The topological polar surface area (TPSA) is 184 Å². The number of hydrogen-bond acceptors (Lipinski definition) is 10. The van der Waals surface area contributed by atoms with E-state index >= 15 is 0 Å². The van der Waals surface area contributed by atoms with E-state index in [9.17, 15) is 24.0 Å². The number of methoxy groups -OCH3 is 1. The molecule has 0 aromatic carbocycles. The molecule has 0 aromatic heterocycles. The maximum Gasteiger partial charge on any atom is 0.308 e. The Morgan fingerprint density at radius 2 is 1.00 bits per heavy atom. The number of aliphatic carboxylic acids is 2. The monoisotopic (exact) mass is 619 g/mol.